The Morgan fingerprint density at radius 2 is 0.992 bits per heavy atom. The molecule has 31 heteroatoms. The Labute approximate surface area is 743 Å². The van der Waals surface area contributed by atoms with Crippen molar-refractivity contribution in [2.75, 3.05) is 95.1 Å². The van der Waals surface area contributed by atoms with Crippen molar-refractivity contribution in [3.63, 3.8) is 0 Å². The Morgan fingerprint density at radius 3 is 1.44 bits per heavy atom. The van der Waals surface area contributed by atoms with Gasteiger partial charge in [0.2, 0.25) is 0 Å². The number of aromatic nitrogens is 4. The molecule has 4 aromatic heterocycles. The lowest BCUT2D eigenvalue weighted by Gasteiger charge is -2.39. The number of nitro benzene ring substituents is 2. The molecule has 4 aliphatic carbocycles. The second-order valence-electron chi connectivity index (χ2n) is 36.6. The van der Waals surface area contributed by atoms with Crippen LogP contribution in [0.1, 0.15) is 155 Å². The molecule has 6 aromatic carbocycles. The van der Waals surface area contributed by atoms with E-state index in [1.54, 1.807) is 60.9 Å². The first kappa shape index (κ1) is 87.2. The standard InChI is InChI=1S/C49H55ClN6O7S.C46H49ClN6O8S/c1-31-4-6-32(7-5-31)36-23-42-44(56(58)59)25-40(26-45(42)62-30-36)64(60,61)53-48(57)41-13-12-38(24-46(41)63-39-22-34-15-17-51-47(34)52-28-39)55-20-18-54(19-21-55)29-35-14-16-49(2,3)27-43(35)33-8-10-37(50)11-9-33;1-46(2)13-11-32(40(24-46)30-3-5-33(47)6-4-30)26-51-15-17-52(18-16-51)34-7-10-38(43(21-34)61-36-20-31-12-14-48-44(31)49-25-36)45(54)50-62(57,58)37-22-41(53(55)56)39-19-29(27-59-35-8-9-35)28-60-42(39)23-37/h8-13,15,17,22,24-26,28,31-32,36H,4-7,14,16,18-21,23,27,29-30H2,1-3H3,(H,51,52)(H,53,57);3-7,10,12,14,20-23,25,29,35H,8-9,11,13,15-19,24,26-28H2,1-2H3,(H,48,49)(H,50,54)/t31?,32?,36-;29-/m00/s1. The molecule has 126 heavy (non-hydrogen) atoms. The number of nitro groups is 2. The van der Waals surface area contributed by atoms with Crippen LogP contribution in [0, 0.1) is 54.7 Å². The van der Waals surface area contributed by atoms with Crippen LogP contribution in [0.2, 0.25) is 10.0 Å². The number of rotatable bonds is 24. The first-order chi connectivity index (χ1) is 60.4. The summed E-state index contributed by atoms with van der Waals surface area (Å²) in [5.41, 5.74) is 11.5. The highest BCUT2D eigenvalue weighted by Gasteiger charge is 2.40. The number of carbonyl (C=O) groups is 2. The predicted molar refractivity (Wildman–Crippen MR) is 486 cm³/mol. The quantitative estimate of drug-likeness (QED) is 0.0322. The Kier molecular flexibility index (Phi) is 25.2. The van der Waals surface area contributed by atoms with Gasteiger partial charge in [-0.25, -0.2) is 36.2 Å². The van der Waals surface area contributed by atoms with Gasteiger partial charge in [0, 0.05) is 158 Å². The molecule has 660 valence electrons. The van der Waals surface area contributed by atoms with Crippen molar-refractivity contribution in [3.05, 3.63) is 233 Å². The Balaban J connectivity index is 0.000000178. The SMILES string of the molecule is CC1(C)CCC(CN2CCN(c3ccc(C(=O)NS(=O)(=O)c4cc5c(c([N+](=O)[O-])c4)C[C@@H](COC4CC4)CO5)c(Oc4cnc5[nH]ccc5c4)c3)CC2)=C(c2ccc(Cl)cc2)C1.CC1CCC([C@@H]2COc3cc(S(=O)(=O)NC(=O)c4ccc(N5CCN(CC6=C(c7ccc(Cl)cc7)CC(C)(C)CC6)CC5)cc4Oc4cnc5[nH]ccc5c4)cc([N+](=O)[O-])c3C2)CC1. The highest BCUT2D eigenvalue weighted by Crippen LogP contribution is 2.48. The maximum Gasteiger partial charge on any atom is 0.277 e. The fraction of sp³-hybridized carbons (Fsp3) is 0.411. The van der Waals surface area contributed by atoms with Crippen molar-refractivity contribution >= 4 is 111 Å². The van der Waals surface area contributed by atoms with Crippen LogP contribution >= 0.6 is 23.2 Å². The van der Waals surface area contributed by atoms with Crippen molar-refractivity contribution in [1.29, 1.82) is 0 Å². The van der Waals surface area contributed by atoms with E-state index in [-0.39, 0.29) is 75.2 Å². The molecule has 18 rings (SSSR count). The van der Waals surface area contributed by atoms with Crippen molar-refractivity contribution < 1.29 is 60.0 Å². The third kappa shape index (κ3) is 20.2. The lowest BCUT2D eigenvalue weighted by molar-refractivity contribution is -0.386. The van der Waals surface area contributed by atoms with Crippen LogP contribution in [0.25, 0.3) is 33.2 Å². The smallest absolute Gasteiger partial charge is 0.277 e. The summed E-state index contributed by atoms with van der Waals surface area (Å²) in [6.45, 7) is 20.5. The van der Waals surface area contributed by atoms with Crippen molar-refractivity contribution in [2.45, 2.75) is 140 Å². The number of carbonyl (C=O) groups excluding carboxylic acids is 2. The van der Waals surface area contributed by atoms with E-state index in [1.165, 1.54) is 57.9 Å². The highest BCUT2D eigenvalue weighted by atomic mass is 35.5. The van der Waals surface area contributed by atoms with Gasteiger partial charge in [-0.2, -0.15) is 0 Å². The minimum absolute atomic E-state index is 0.0321. The number of hydrogen-bond donors (Lipinski definition) is 4. The summed E-state index contributed by atoms with van der Waals surface area (Å²) in [7, 11) is -9.23. The Bertz CT molecular complexity index is 6130. The molecule has 8 heterocycles. The first-order valence-corrected chi connectivity index (χ1v) is 47.2. The molecule has 4 N–H and O–H groups in total. The minimum Gasteiger partial charge on any atom is -0.493 e. The number of hydrogen-bond acceptors (Lipinski definition) is 21. The molecule has 10 aromatic rings. The number of ether oxygens (including phenoxy) is 5. The van der Waals surface area contributed by atoms with E-state index in [0.717, 1.165) is 187 Å². The summed E-state index contributed by atoms with van der Waals surface area (Å²) in [6.07, 6.45) is 20.2. The molecule has 2 amide bonds. The molecular formula is C95H104Cl2N12O15S2. The third-order valence-electron chi connectivity index (χ3n) is 26.2. The number of nitrogens with zero attached hydrogens (tertiary/aromatic N) is 8. The number of pyridine rings is 2. The number of sulfonamides is 2. The molecule has 2 saturated carbocycles. The van der Waals surface area contributed by atoms with E-state index in [2.05, 4.69) is 108 Å². The van der Waals surface area contributed by atoms with Crippen LogP contribution in [0.5, 0.6) is 34.5 Å². The van der Waals surface area contributed by atoms with E-state index in [0.29, 0.717) is 71.8 Å². The van der Waals surface area contributed by atoms with Gasteiger partial charge in [0.1, 0.15) is 45.8 Å². The summed E-state index contributed by atoms with van der Waals surface area (Å²) in [5.74, 6) is 0.358. The third-order valence-corrected chi connectivity index (χ3v) is 29.3. The predicted octanol–water partition coefficient (Wildman–Crippen LogP) is 18.8. The van der Waals surface area contributed by atoms with Crippen LogP contribution in [0.4, 0.5) is 22.7 Å². The van der Waals surface area contributed by atoms with Crippen molar-refractivity contribution in [3.8, 4) is 34.5 Å². The van der Waals surface area contributed by atoms with Gasteiger partial charge >= 0.3 is 0 Å². The van der Waals surface area contributed by atoms with E-state index in [4.69, 9.17) is 46.9 Å². The molecule has 2 saturated heterocycles. The summed E-state index contributed by atoms with van der Waals surface area (Å²) >= 11 is 12.5. The second kappa shape index (κ2) is 36.4. The van der Waals surface area contributed by atoms with E-state index < -0.39 is 57.2 Å². The van der Waals surface area contributed by atoms with Gasteiger partial charge in [-0.1, -0.05) is 106 Å². The number of amides is 2. The summed E-state index contributed by atoms with van der Waals surface area (Å²) in [5, 5.41) is 27.7. The topological polar surface area (TPSA) is 329 Å². The molecule has 0 spiro atoms. The maximum absolute atomic E-state index is 14.1. The number of fused-ring (bicyclic) bond motifs is 4. The first-order valence-electron chi connectivity index (χ1n) is 43.5. The highest BCUT2D eigenvalue weighted by molar-refractivity contribution is 7.90. The van der Waals surface area contributed by atoms with Gasteiger partial charge in [-0.15, -0.1) is 0 Å². The molecule has 0 unspecified atom stereocenters. The average molecular weight is 1790 g/mol. The average Bonchev–Trinajstić information content (AvgIpc) is 1.12. The Hall–Kier alpha value is -10.9. The lowest BCUT2D eigenvalue weighted by atomic mass is 9.72. The van der Waals surface area contributed by atoms with Crippen molar-refractivity contribution in [2.24, 2.45) is 34.5 Å². The number of H-pyrrole nitrogens is 2. The van der Waals surface area contributed by atoms with Gasteiger partial charge in [0.05, 0.1) is 80.2 Å². The monoisotopic (exact) mass is 1790 g/mol. The minimum atomic E-state index is -4.62. The Morgan fingerprint density at radius 1 is 0.548 bits per heavy atom. The van der Waals surface area contributed by atoms with Crippen LogP contribution in [-0.4, -0.2) is 160 Å². The van der Waals surface area contributed by atoms with Gasteiger partial charge in [-0.05, 0) is 195 Å². The van der Waals surface area contributed by atoms with E-state index >= 15 is 0 Å². The zero-order chi connectivity index (χ0) is 87.9. The van der Waals surface area contributed by atoms with Crippen LogP contribution in [0.3, 0.4) is 0 Å². The summed E-state index contributed by atoms with van der Waals surface area (Å²) in [4.78, 5) is 75.0. The fourth-order valence-electron chi connectivity index (χ4n) is 18.7. The molecule has 0 bridgehead atoms. The zero-order valence-corrected chi connectivity index (χ0v) is 74.4. The van der Waals surface area contributed by atoms with Gasteiger partial charge in [0.25, 0.3) is 43.2 Å². The number of allylic oxidation sites excluding steroid dienone is 2. The molecular weight excluding hydrogens is 1680 g/mol. The normalized spacial score (nSPS) is 20.4. The second-order valence-corrected chi connectivity index (χ2v) is 40.8. The van der Waals surface area contributed by atoms with Gasteiger partial charge in [0.15, 0.2) is 0 Å². The number of benzene rings is 6. The zero-order valence-electron chi connectivity index (χ0n) is 71.3. The number of piperazine rings is 2. The number of anilines is 2. The van der Waals surface area contributed by atoms with Gasteiger partial charge < -0.3 is 43.5 Å². The molecule has 0 radical (unpaired) electrons. The number of halogens is 2. The molecule has 27 nitrogen and oxygen atoms in total. The largest absolute Gasteiger partial charge is 0.493 e. The molecule has 8 aliphatic rings. The molecule has 4 aliphatic heterocycles. The fourth-order valence-corrected chi connectivity index (χ4v) is 20.9. The van der Waals surface area contributed by atoms with Crippen LogP contribution < -0.4 is 38.2 Å². The number of aromatic amines is 2. The van der Waals surface area contributed by atoms with Gasteiger partial charge in [-0.3, -0.25) is 39.6 Å². The number of nitrogens with one attached hydrogen (secondary N) is 4. The summed E-state index contributed by atoms with van der Waals surface area (Å²) in [6, 6.07) is 38.3. The molecule has 2 atom stereocenters. The van der Waals surface area contributed by atoms with E-state index in [9.17, 15) is 46.7 Å². The molecule has 4 fully saturated rings. The van der Waals surface area contributed by atoms with Crippen LogP contribution in [-0.2, 0) is 37.6 Å². The van der Waals surface area contributed by atoms with Crippen LogP contribution in [0.15, 0.2) is 179 Å². The van der Waals surface area contributed by atoms with E-state index in [1.807, 2.05) is 36.4 Å². The maximum atomic E-state index is 14.1. The lowest BCUT2D eigenvalue weighted by Crippen LogP contribution is -2.47. The van der Waals surface area contributed by atoms with Crippen molar-refractivity contribution in [1.82, 2.24) is 39.2 Å². The summed E-state index contributed by atoms with van der Waals surface area (Å²) < 4.78 is 90.3.